The van der Waals surface area contributed by atoms with Crippen LogP contribution in [0, 0.1) is 6.92 Å². The van der Waals surface area contributed by atoms with Crippen molar-refractivity contribution >= 4 is 17.4 Å². The molecule has 1 N–H and O–H groups in total. The Morgan fingerprint density at radius 1 is 1.08 bits per heavy atom. The number of aromatic nitrogens is 1. The van der Waals surface area contributed by atoms with E-state index in [-0.39, 0.29) is 17.5 Å². The van der Waals surface area contributed by atoms with Crippen molar-refractivity contribution in [3.05, 3.63) is 100 Å². The first-order valence-electron chi connectivity index (χ1n) is 13.2. The molecule has 38 heavy (non-hydrogen) atoms. The molecule has 0 radical (unpaired) electrons. The third-order valence-electron chi connectivity index (χ3n) is 6.94. The number of Topliss-reactive ketones (excluding diaryl/α,β-unsaturated/α-hetero) is 1. The number of nitrogens with one attached hydrogen (secondary N) is 1. The molecule has 198 valence electrons. The Bertz CT molecular complexity index is 1340. The highest BCUT2D eigenvalue weighted by molar-refractivity contribution is 6.46. The molecule has 1 amide bonds. The van der Waals surface area contributed by atoms with Gasteiger partial charge in [0.15, 0.2) is 12.4 Å². The molecule has 3 aromatic rings. The largest absolute Gasteiger partial charge is 0.872 e. The van der Waals surface area contributed by atoms with Gasteiger partial charge in [0.25, 0.3) is 5.91 Å². The lowest BCUT2D eigenvalue weighted by Gasteiger charge is -2.28. The van der Waals surface area contributed by atoms with Gasteiger partial charge in [-0.05, 0) is 59.2 Å². The van der Waals surface area contributed by atoms with Crippen LogP contribution in [-0.4, -0.2) is 23.2 Å². The van der Waals surface area contributed by atoms with Crippen LogP contribution >= 0.6 is 0 Å². The van der Waals surface area contributed by atoms with Gasteiger partial charge in [-0.3, -0.25) is 9.59 Å². The van der Waals surface area contributed by atoms with Crippen molar-refractivity contribution in [2.75, 3.05) is 6.61 Å². The lowest BCUT2D eigenvalue weighted by atomic mass is 9.85. The predicted octanol–water partition coefficient (Wildman–Crippen LogP) is 4.71. The molecule has 0 spiro atoms. The minimum absolute atomic E-state index is 0.0162. The smallest absolute Gasteiger partial charge is 0.295 e. The number of aryl methyl sites for hydroxylation is 1. The van der Waals surface area contributed by atoms with Gasteiger partial charge in [-0.15, -0.1) is 0 Å². The van der Waals surface area contributed by atoms with Gasteiger partial charge >= 0.3 is 0 Å². The van der Waals surface area contributed by atoms with Crippen molar-refractivity contribution in [1.29, 1.82) is 0 Å². The summed E-state index contributed by atoms with van der Waals surface area (Å²) in [5.74, 6) is -1.14. The lowest BCUT2D eigenvalue weighted by Crippen LogP contribution is -2.29. The Hall–Kier alpha value is -3.93. The third kappa shape index (κ3) is 5.64. The Morgan fingerprint density at radius 2 is 1.82 bits per heavy atom. The molecule has 6 heteroatoms. The molecule has 6 nitrogen and oxygen atoms in total. The van der Waals surface area contributed by atoms with Gasteiger partial charge in [-0.2, -0.15) is 0 Å². The van der Waals surface area contributed by atoms with Crippen LogP contribution < -0.4 is 14.8 Å². The van der Waals surface area contributed by atoms with Gasteiger partial charge in [0.1, 0.15) is 5.75 Å². The van der Waals surface area contributed by atoms with Crippen LogP contribution in [0.5, 0.6) is 5.75 Å². The van der Waals surface area contributed by atoms with Crippen LogP contribution in [0.25, 0.3) is 5.76 Å². The normalized spacial score (nSPS) is 17.2. The minimum Gasteiger partial charge on any atom is -0.872 e. The van der Waals surface area contributed by atoms with E-state index in [2.05, 4.69) is 32.7 Å². The van der Waals surface area contributed by atoms with E-state index >= 15 is 0 Å². The molecule has 2 aromatic carbocycles. The molecule has 1 fully saturated rings. The first kappa shape index (κ1) is 27.1. The number of benzene rings is 2. The maximum Gasteiger partial charge on any atom is 0.295 e. The number of aromatic amines is 1. The van der Waals surface area contributed by atoms with E-state index in [4.69, 9.17) is 4.74 Å². The van der Waals surface area contributed by atoms with E-state index in [0.717, 1.165) is 35.1 Å². The van der Waals surface area contributed by atoms with Crippen LogP contribution in [0.1, 0.15) is 74.4 Å². The molecule has 0 bridgehead atoms. The number of hydrogen-bond acceptors (Lipinski definition) is 4. The fourth-order valence-electron chi connectivity index (χ4n) is 4.71. The van der Waals surface area contributed by atoms with Crippen molar-refractivity contribution < 1.29 is 24.4 Å². The van der Waals surface area contributed by atoms with Crippen molar-refractivity contribution in [2.45, 2.75) is 65.5 Å². The SMILES string of the molecule is CCCCOc1ccc(C([O-])=C2C(=O)C(=O)N(Cc3ccc[nH+]c3)C2c2ccc(C(C)(C)C)cc2)cc1C. The number of carbonyl (C=O) groups excluding carboxylic acids is 2. The summed E-state index contributed by atoms with van der Waals surface area (Å²) in [6.07, 6.45) is 5.54. The zero-order valence-corrected chi connectivity index (χ0v) is 22.8. The molecule has 1 aliphatic rings. The lowest BCUT2D eigenvalue weighted by molar-refractivity contribution is -0.378. The number of pyridine rings is 1. The second-order valence-electron chi connectivity index (χ2n) is 10.9. The third-order valence-corrected chi connectivity index (χ3v) is 6.94. The van der Waals surface area contributed by atoms with Crippen molar-refractivity contribution in [3.63, 3.8) is 0 Å². The van der Waals surface area contributed by atoms with E-state index in [1.165, 1.54) is 4.90 Å². The van der Waals surface area contributed by atoms with Crippen LogP contribution in [0.15, 0.2) is 72.6 Å². The van der Waals surface area contributed by atoms with Crippen molar-refractivity contribution in [2.24, 2.45) is 0 Å². The highest BCUT2D eigenvalue weighted by Crippen LogP contribution is 2.40. The van der Waals surface area contributed by atoms with Crippen molar-refractivity contribution in [1.82, 2.24) is 4.90 Å². The quantitative estimate of drug-likeness (QED) is 0.189. The number of H-pyrrole nitrogens is 1. The van der Waals surface area contributed by atoms with Crippen LogP contribution in [-0.2, 0) is 21.5 Å². The fraction of sp³-hybridized carbons (Fsp3) is 0.344. The standard InChI is InChI=1S/C32H36N2O4/c1-6-7-17-38-26-15-12-24(18-21(26)2)29(35)27-28(23-10-13-25(14-11-23)32(3,4)5)34(31(37)30(27)36)20-22-9-8-16-33-19-22/h8-16,18-19,28,35H,6-7,17,20H2,1-5H3. The van der Waals surface area contributed by atoms with E-state index < -0.39 is 23.5 Å². The van der Waals surface area contributed by atoms with E-state index in [1.54, 1.807) is 30.6 Å². The number of nitrogens with zero attached hydrogens (tertiary/aromatic N) is 1. The summed E-state index contributed by atoms with van der Waals surface area (Å²) in [6.45, 7) is 11.2. The molecule has 1 aliphatic heterocycles. The number of carbonyl (C=O) groups is 2. The monoisotopic (exact) mass is 512 g/mol. The summed E-state index contributed by atoms with van der Waals surface area (Å²) in [6, 6.07) is 16.0. The molecule has 1 saturated heterocycles. The average Bonchev–Trinajstić information content (AvgIpc) is 3.14. The second kappa shape index (κ2) is 11.2. The second-order valence-corrected chi connectivity index (χ2v) is 10.9. The summed E-state index contributed by atoms with van der Waals surface area (Å²) in [5.41, 5.74) is 3.81. The molecular weight excluding hydrogens is 476 g/mol. The molecule has 1 aromatic heterocycles. The molecule has 1 atom stereocenters. The molecule has 1 unspecified atom stereocenters. The number of likely N-dealkylation sites (tertiary alicyclic amines) is 1. The minimum atomic E-state index is -0.780. The first-order valence-corrected chi connectivity index (χ1v) is 13.2. The van der Waals surface area contributed by atoms with E-state index in [9.17, 15) is 14.7 Å². The fourth-order valence-corrected chi connectivity index (χ4v) is 4.71. The van der Waals surface area contributed by atoms with E-state index in [0.29, 0.717) is 17.9 Å². The zero-order chi connectivity index (χ0) is 27.4. The predicted molar refractivity (Wildman–Crippen MR) is 145 cm³/mol. The van der Waals surface area contributed by atoms with Crippen LogP contribution in [0.3, 0.4) is 0 Å². The number of ether oxygens (including phenoxy) is 1. The van der Waals surface area contributed by atoms with Crippen molar-refractivity contribution in [3.8, 4) is 5.75 Å². The van der Waals surface area contributed by atoms with Gasteiger partial charge in [0.05, 0.1) is 19.2 Å². The zero-order valence-electron chi connectivity index (χ0n) is 22.8. The number of rotatable bonds is 8. The Balaban J connectivity index is 1.79. The summed E-state index contributed by atoms with van der Waals surface area (Å²) in [4.78, 5) is 31.2. The average molecular weight is 513 g/mol. The molecule has 0 saturated carbocycles. The topological polar surface area (TPSA) is 83.8 Å². The van der Waals surface area contributed by atoms with Gasteiger partial charge in [0, 0.05) is 17.2 Å². The van der Waals surface area contributed by atoms with Gasteiger partial charge in [-0.25, -0.2) is 4.98 Å². The number of ketones is 1. The Morgan fingerprint density at radius 3 is 2.42 bits per heavy atom. The van der Waals surface area contributed by atoms with Gasteiger partial charge in [0.2, 0.25) is 5.78 Å². The van der Waals surface area contributed by atoms with Gasteiger partial charge in [-0.1, -0.05) is 70.2 Å². The number of amides is 1. The highest BCUT2D eigenvalue weighted by Gasteiger charge is 2.44. The number of hydrogen-bond donors (Lipinski definition) is 0. The molecular formula is C32H36N2O4. The van der Waals surface area contributed by atoms with Crippen LogP contribution in [0.4, 0.5) is 0 Å². The van der Waals surface area contributed by atoms with Crippen LogP contribution in [0.2, 0.25) is 0 Å². The number of unbranched alkanes of at least 4 members (excludes halogenated alkanes) is 1. The first-order chi connectivity index (χ1) is 18.1. The summed E-state index contributed by atoms with van der Waals surface area (Å²) in [5, 5.41) is 13.9. The molecule has 2 heterocycles. The molecule has 0 aliphatic carbocycles. The highest BCUT2D eigenvalue weighted by atomic mass is 16.5. The Kier molecular flexibility index (Phi) is 8.00. The Labute approximate surface area is 225 Å². The maximum atomic E-state index is 13.9. The maximum absolute atomic E-state index is 13.9. The molecule has 4 rings (SSSR count). The summed E-state index contributed by atoms with van der Waals surface area (Å²) >= 11 is 0. The van der Waals surface area contributed by atoms with Gasteiger partial charge < -0.3 is 14.7 Å². The summed E-state index contributed by atoms with van der Waals surface area (Å²) in [7, 11) is 0. The van der Waals surface area contributed by atoms with E-state index in [1.807, 2.05) is 43.3 Å². The summed E-state index contributed by atoms with van der Waals surface area (Å²) < 4.78 is 5.84.